The fourth-order valence-corrected chi connectivity index (χ4v) is 4.08. The number of nitrogens with zero attached hydrogens (tertiary/aromatic N) is 2. The van der Waals surface area contributed by atoms with E-state index in [9.17, 15) is 13.2 Å². The van der Waals surface area contributed by atoms with Crippen LogP contribution in [0.4, 0.5) is 0 Å². The number of hydrogen-bond donors (Lipinski definition) is 1. The van der Waals surface area contributed by atoms with E-state index in [1.54, 1.807) is 0 Å². The lowest BCUT2D eigenvalue weighted by Gasteiger charge is -2.28. The van der Waals surface area contributed by atoms with Crippen LogP contribution in [0, 0.1) is 5.92 Å². The van der Waals surface area contributed by atoms with E-state index in [0.717, 1.165) is 4.48 Å². The van der Waals surface area contributed by atoms with Crippen LogP contribution in [0.3, 0.4) is 0 Å². The second kappa shape index (κ2) is 5.28. The highest BCUT2D eigenvalue weighted by Crippen LogP contribution is 2.25. The van der Waals surface area contributed by atoms with Gasteiger partial charge < -0.3 is 5.11 Å². The van der Waals surface area contributed by atoms with Gasteiger partial charge in [-0.2, -0.15) is 17.0 Å². The summed E-state index contributed by atoms with van der Waals surface area (Å²) in [5.74, 6) is -1.50. The summed E-state index contributed by atoms with van der Waals surface area (Å²) >= 11 is 3.34. The van der Waals surface area contributed by atoms with Crippen molar-refractivity contribution >= 4 is 32.1 Å². The van der Waals surface area contributed by atoms with Gasteiger partial charge in [0.05, 0.1) is 5.92 Å². The lowest BCUT2D eigenvalue weighted by atomic mass is 10.1. The number of aliphatic carboxylic acids is 1. The maximum Gasteiger partial charge on any atom is 0.307 e. The maximum atomic E-state index is 12.3. The Kier molecular flexibility index (Phi) is 4.10. The van der Waals surface area contributed by atoms with Crippen molar-refractivity contribution < 1.29 is 18.3 Å². The van der Waals surface area contributed by atoms with Gasteiger partial charge in [-0.15, -0.1) is 0 Å². The van der Waals surface area contributed by atoms with Crippen LogP contribution in [0.2, 0.25) is 0 Å². The summed E-state index contributed by atoms with van der Waals surface area (Å²) < 4.78 is 28.2. The molecule has 0 amide bonds. The van der Waals surface area contributed by atoms with Gasteiger partial charge in [-0.3, -0.25) is 4.79 Å². The summed E-state index contributed by atoms with van der Waals surface area (Å²) in [6.45, 7) is 1.16. The molecule has 8 heteroatoms. The Bertz CT molecular complexity index is 476. The maximum absolute atomic E-state index is 12.3. The minimum Gasteiger partial charge on any atom is -0.481 e. The first-order valence-electron chi connectivity index (χ1n) is 5.74. The van der Waals surface area contributed by atoms with Crippen molar-refractivity contribution in [2.24, 2.45) is 5.92 Å². The van der Waals surface area contributed by atoms with E-state index in [1.807, 2.05) is 6.08 Å². The number of halogens is 1. The van der Waals surface area contributed by atoms with Crippen molar-refractivity contribution in [1.82, 2.24) is 8.61 Å². The highest BCUT2D eigenvalue weighted by molar-refractivity contribution is 9.11. The van der Waals surface area contributed by atoms with E-state index in [-0.39, 0.29) is 6.54 Å². The van der Waals surface area contributed by atoms with Gasteiger partial charge in [-0.25, -0.2) is 0 Å². The van der Waals surface area contributed by atoms with E-state index in [0.29, 0.717) is 32.5 Å². The summed E-state index contributed by atoms with van der Waals surface area (Å²) in [7, 11) is -3.51. The van der Waals surface area contributed by atoms with Crippen molar-refractivity contribution in [3.05, 3.63) is 10.6 Å². The standard InChI is InChI=1S/C10H15BrN2O4S/c11-9-2-5-12(6-3-9)18(16,17)13-4-1-8(7-13)10(14)15/h2,8H,1,3-7H2,(H,14,15). The molecule has 0 saturated carbocycles. The van der Waals surface area contributed by atoms with Crippen LogP contribution >= 0.6 is 15.9 Å². The number of hydrogen-bond acceptors (Lipinski definition) is 3. The van der Waals surface area contributed by atoms with Crippen LogP contribution in [0.1, 0.15) is 12.8 Å². The molecule has 0 spiro atoms. The molecule has 2 aliphatic rings. The Morgan fingerprint density at radius 2 is 2.11 bits per heavy atom. The first-order valence-corrected chi connectivity index (χ1v) is 7.93. The van der Waals surface area contributed by atoms with E-state index in [4.69, 9.17) is 5.11 Å². The molecule has 1 atom stereocenters. The van der Waals surface area contributed by atoms with Crippen LogP contribution in [0.5, 0.6) is 0 Å². The summed E-state index contributed by atoms with van der Waals surface area (Å²) in [6, 6.07) is 0. The van der Waals surface area contributed by atoms with Crippen molar-refractivity contribution in [2.45, 2.75) is 12.8 Å². The molecule has 0 bridgehead atoms. The smallest absolute Gasteiger partial charge is 0.307 e. The Labute approximate surface area is 115 Å². The van der Waals surface area contributed by atoms with Gasteiger partial charge in [0.25, 0.3) is 10.2 Å². The molecule has 1 N–H and O–H groups in total. The molecule has 1 fully saturated rings. The number of carboxylic acids is 1. The second-order valence-corrected chi connectivity index (χ2v) is 7.40. The van der Waals surface area contributed by atoms with Gasteiger partial charge in [0.2, 0.25) is 0 Å². The predicted octanol–water partition coefficient (Wildman–Crippen LogP) is 0.622. The van der Waals surface area contributed by atoms with E-state index >= 15 is 0 Å². The van der Waals surface area contributed by atoms with Crippen LogP contribution in [-0.2, 0) is 15.0 Å². The van der Waals surface area contributed by atoms with Crippen molar-refractivity contribution in [1.29, 1.82) is 0 Å². The second-order valence-electron chi connectivity index (χ2n) is 4.45. The molecule has 18 heavy (non-hydrogen) atoms. The van der Waals surface area contributed by atoms with Gasteiger partial charge in [0.15, 0.2) is 0 Å². The quantitative estimate of drug-likeness (QED) is 0.818. The monoisotopic (exact) mass is 338 g/mol. The van der Waals surface area contributed by atoms with E-state index in [2.05, 4.69) is 15.9 Å². The molecule has 0 aliphatic carbocycles. The first kappa shape index (κ1) is 14.0. The van der Waals surface area contributed by atoms with Gasteiger partial charge in [-0.1, -0.05) is 22.0 Å². The minimum atomic E-state index is -3.51. The van der Waals surface area contributed by atoms with Crippen LogP contribution in [0.25, 0.3) is 0 Å². The zero-order valence-electron chi connectivity index (χ0n) is 9.75. The molecule has 2 heterocycles. The predicted molar refractivity (Wildman–Crippen MR) is 69.4 cm³/mol. The zero-order chi connectivity index (χ0) is 13.3. The highest BCUT2D eigenvalue weighted by atomic mass is 79.9. The Morgan fingerprint density at radius 1 is 1.39 bits per heavy atom. The molecule has 0 radical (unpaired) electrons. The van der Waals surface area contributed by atoms with Crippen LogP contribution in [0.15, 0.2) is 10.6 Å². The van der Waals surface area contributed by atoms with E-state index < -0.39 is 22.1 Å². The Morgan fingerprint density at radius 3 is 2.61 bits per heavy atom. The molecule has 1 saturated heterocycles. The van der Waals surface area contributed by atoms with Crippen molar-refractivity contribution in [2.75, 3.05) is 26.2 Å². The minimum absolute atomic E-state index is 0.0824. The Balaban J connectivity index is 2.06. The molecular weight excluding hydrogens is 324 g/mol. The molecule has 0 aromatic carbocycles. The average Bonchev–Trinajstić information content (AvgIpc) is 2.79. The molecule has 2 aliphatic heterocycles. The molecule has 1 unspecified atom stereocenters. The van der Waals surface area contributed by atoms with Gasteiger partial charge >= 0.3 is 5.97 Å². The largest absolute Gasteiger partial charge is 0.481 e. The molecule has 0 aromatic heterocycles. The summed E-state index contributed by atoms with van der Waals surface area (Å²) in [5.41, 5.74) is 0. The lowest BCUT2D eigenvalue weighted by molar-refractivity contribution is -0.141. The molecule has 0 aromatic rings. The average molecular weight is 339 g/mol. The molecule has 2 rings (SSSR count). The van der Waals surface area contributed by atoms with Crippen LogP contribution < -0.4 is 0 Å². The van der Waals surface area contributed by atoms with Crippen molar-refractivity contribution in [3.8, 4) is 0 Å². The van der Waals surface area contributed by atoms with E-state index in [1.165, 1.54) is 8.61 Å². The van der Waals surface area contributed by atoms with Gasteiger partial charge in [0, 0.05) is 26.2 Å². The summed E-state index contributed by atoms with van der Waals surface area (Å²) in [6.07, 6.45) is 2.88. The van der Waals surface area contributed by atoms with Gasteiger partial charge in [0.1, 0.15) is 0 Å². The SMILES string of the molecule is O=C(O)C1CCN(S(=O)(=O)N2CC=C(Br)CC2)C1. The molecular formula is C10H15BrN2O4S. The summed E-state index contributed by atoms with van der Waals surface area (Å²) in [5, 5.41) is 8.89. The highest BCUT2D eigenvalue weighted by Gasteiger charge is 2.38. The number of carboxylic acid groups (broad SMARTS) is 1. The third-order valence-corrected chi connectivity index (χ3v) is 5.96. The number of rotatable bonds is 3. The fraction of sp³-hybridized carbons (Fsp3) is 0.700. The molecule has 6 nitrogen and oxygen atoms in total. The van der Waals surface area contributed by atoms with Gasteiger partial charge in [-0.05, 0) is 17.3 Å². The normalized spacial score (nSPS) is 27.2. The zero-order valence-corrected chi connectivity index (χ0v) is 12.2. The third-order valence-electron chi connectivity index (χ3n) is 3.27. The van der Waals surface area contributed by atoms with Crippen LogP contribution in [-0.4, -0.2) is 54.3 Å². The number of carbonyl (C=O) groups is 1. The summed E-state index contributed by atoms with van der Waals surface area (Å²) in [4.78, 5) is 10.8. The Hall–Kier alpha value is -0.440. The third kappa shape index (κ3) is 2.76. The van der Waals surface area contributed by atoms with Crippen molar-refractivity contribution in [3.63, 3.8) is 0 Å². The lowest BCUT2D eigenvalue weighted by Crippen LogP contribution is -2.44. The topological polar surface area (TPSA) is 77.9 Å². The fourth-order valence-electron chi connectivity index (χ4n) is 2.14. The molecule has 102 valence electrons. The first-order chi connectivity index (χ1) is 8.41.